The standard InChI is InChI=1S/C11H10ClF3N4O/c1-2-3-19-6-7(5-16-19)20-9-4-8(11(13,14)15)17-10(12)18-9/h4-6H,2-3H2,1H3. The van der Waals surface area contributed by atoms with Gasteiger partial charge in [0, 0.05) is 12.6 Å². The summed E-state index contributed by atoms with van der Waals surface area (Å²) in [6, 6.07) is 0.684. The first-order valence-electron chi connectivity index (χ1n) is 5.70. The van der Waals surface area contributed by atoms with E-state index in [0.29, 0.717) is 12.6 Å². The maximum absolute atomic E-state index is 12.6. The fourth-order valence-electron chi connectivity index (χ4n) is 1.46. The van der Waals surface area contributed by atoms with Crippen molar-refractivity contribution in [1.82, 2.24) is 19.7 Å². The zero-order chi connectivity index (χ0) is 14.8. The number of rotatable bonds is 4. The number of halogens is 4. The first-order chi connectivity index (χ1) is 9.38. The molecule has 0 amide bonds. The minimum atomic E-state index is -4.61. The van der Waals surface area contributed by atoms with Crippen molar-refractivity contribution in [3.05, 3.63) is 29.4 Å². The minimum absolute atomic E-state index is 0.279. The molecule has 0 fully saturated rings. The van der Waals surface area contributed by atoms with Gasteiger partial charge in [0.2, 0.25) is 11.2 Å². The normalized spacial score (nSPS) is 11.7. The Morgan fingerprint density at radius 1 is 1.35 bits per heavy atom. The van der Waals surface area contributed by atoms with Crippen LogP contribution >= 0.6 is 11.6 Å². The Morgan fingerprint density at radius 2 is 2.10 bits per heavy atom. The van der Waals surface area contributed by atoms with Gasteiger partial charge in [-0.05, 0) is 18.0 Å². The molecule has 0 spiro atoms. The zero-order valence-electron chi connectivity index (χ0n) is 10.4. The van der Waals surface area contributed by atoms with Crippen LogP contribution in [0.1, 0.15) is 19.0 Å². The van der Waals surface area contributed by atoms with Gasteiger partial charge in [0.1, 0.15) is 0 Å². The van der Waals surface area contributed by atoms with Gasteiger partial charge in [0.05, 0.1) is 12.4 Å². The lowest BCUT2D eigenvalue weighted by Gasteiger charge is -2.07. The van der Waals surface area contributed by atoms with Crippen LogP contribution in [0.2, 0.25) is 5.28 Å². The molecule has 0 bridgehead atoms. The van der Waals surface area contributed by atoms with E-state index in [2.05, 4.69) is 15.1 Å². The molecule has 0 atom stereocenters. The number of aryl methyl sites for hydroxylation is 1. The molecule has 0 N–H and O–H groups in total. The van der Waals surface area contributed by atoms with Crippen LogP contribution in [0.3, 0.4) is 0 Å². The summed E-state index contributed by atoms with van der Waals surface area (Å²) in [5, 5.41) is 3.46. The quantitative estimate of drug-likeness (QED) is 0.811. The fraction of sp³-hybridized carbons (Fsp3) is 0.364. The summed E-state index contributed by atoms with van der Waals surface area (Å²) in [5.41, 5.74) is -1.16. The lowest BCUT2D eigenvalue weighted by atomic mass is 10.4. The van der Waals surface area contributed by atoms with E-state index in [1.165, 1.54) is 6.20 Å². The molecule has 5 nitrogen and oxygen atoms in total. The van der Waals surface area contributed by atoms with E-state index in [1.54, 1.807) is 10.9 Å². The van der Waals surface area contributed by atoms with E-state index >= 15 is 0 Å². The van der Waals surface area contributed by atoms with E-state index in [1.807, 2.05) is 6.92 Å². The summed E-state index contributed by atoms with van der Waals surface area (Å²) in [5.74, 6) is -0.00489. The van der Waals surface area contributed by atoms with Gasteiger partial charge in [0.15, 0.2) is 11.4 Å². The van der Waals surface area contributed by atoms with Crippen LogP contribution in [0, 0.1) is 0 Å². The molecule has 0 radical (unpaired) electrons. The lowest BCUT2D eigenvalue weighted by molar-refractivity contribution is -0.141. The largest absolute Gasteiger partial charge is 0.436 e. The maximum Gasteiger partial charge on any atom is 0.433 e. The summed E-state index contributed by atoms with van der Waals surface area (Å²) in [6.45, 7) is 2.66. The second-order valence-electron chi connectivity index (χ2n) is 3.90. The summed E-state index contributed by atoms with van der Waals surface area (Å²) < 4.78 is 44.5. The average Bonchev–Trinajstić information content (AvgIpc) is 2.75. The molecular weight excluding hydrogens is 297 g/mol. The Kier molecular flexibility index (Phi) is 4.12. The summed E-state index contributed by atoms with van der Waals surface area (Å²) in [6.07, 6.45) is -0.790. The van der Waals surface area contributed by atoms with Gasteiger partial charge in [-0.15, -0.1) is 0 Å². The van der Waals surface area contributed by atoms with Crippen molar-refractivity contribution in [1.29, 1.82) is 0 Å². The van der Waals surface area contributed by atoms with Crippen molar-refractivity contribution in [2.75, 3.05) is 0 Å². The van der Waals surface area contributed by atoms with Gasteiger partial charge in [-0.1, -0.05) is 6.92 Å². The van der Waals surface area contributed by atoms with Crippen molar-refractivity contribution < 1.29 is 17.9 Å². The monoisotopic (exact) mass is 306 g/mol. The number of hydrogen-bond donors (Lipinski definition) is 0. The van der Waals surface area contributed by atoms with Gasteiger partial charge in [0.25, 0.3) is 0 Å². The average molecular weight is 307 g/mol. The van der Waals surface area contributed by atoms with Crippen LogP contribution in [-0.4, -0.2) is 19.7 Å². The van der Waals surface area contributed by atoms with E-state index in [0.717, 1.165) is 6.42 Å². The highest BCUT2D eigenvalue weighted by molar-refractivity contribution is 6.28. The predicted octanol–water partition coefficient (Wildman–Crippen LogP) is 3.55. The topological polar surface area (TPSA) is 52.8 Å². The van der Waals surface area contributed by atoms with Crippen molar-refractivity contribution in [3.63, 3.8) is 0 Å². The Morgan fingerprint density at radius 3 is 2.75 bits per heavy atom. The van der Waals surface area contributed by atoms with Crippen LogP contribution < -0.4 is 4.74 Å². The molecule has 0 aliphatic rings. The lowest BCUT2D eigenvalue weighted by Crippen LogP contribution is -2.09. The molecule has 2 aromatic heterocycles. The van der Waals surface area contributed by atoms with Gasteiger partial charge < -0.3 is 4.74 Å². The summed E-state index contributed by atoms with van der Waals surface area (Å²) >= 11 is 5.45. The molecule has 108 valence electrons. The third-order valence-electron chi connectivity index (χ3n) is 2.25. The van der Waals surface area contributed by atoms with E-state index in [-0.39, 0.29) is 11.6 Å². The molecule has 0 aliphatic carbocycles. The highest BCUT2D eigenvalue weighted by Crippen LogP contribution is 2.31. The van der Waals surface area contributed by atoms with Crippen LogP contribution in [0.4, 0.5) is 13.2 Å². The minimum Gasteiger partial charge on any atom is -0.436 e. The molecular formula is C11H10ClF3N4O. The highest BCUT2D eigenvalue weighted by atomic mass is 35.5. The molecule has 2 aromatic rings. The molecule has 0 saturated carbocycles. The van der Waals surface area contributed by atoms with Crippen molar-refractivity contribution in [3.8, 4) is 11.6 Å². The van der Waals surface area contributed by atoms with E-state index in [9.17, 15) is 13.2 Å². The molecule has 0 unspecified atom stereocenters. The molecule has 0 aliphatic heterocycles. The second-order valence-corrected chi connectivity index (χ2v) is 4.24. The predicted molar refractivity (Wildman–Crippen MR) is 64.6 cm³/mol. The number of ether oxygens (including phenoxy) is 1. The Labute approximate surface area is 117 Å². The van der Waals surface area contributed by atoms with Crippen LogP contribution in [-0.2, 0) is 12.7 Å². The zero-order valence-corrected chi connectivity index (χ0v) is 11.1. The Bertz CT molecular complexity index is 600. The fourth-order valence-corrected chi connectivity index (χ4v) is 1.64. The second kappa shape index (κ2) is 5.66. The van der Waals surface area contributed by atoms with Crippen LogP contribution in [0.5, 0.6) is 11.6 Å². The highest BCUT2D eigenvalue weighted by Gasteiger charge is 2.34. The van der Waals surface area contributed by atoms with Crippen molar-refractivity contribution >= 4 is 11.6 Å². The molecule has 0 aromatic carbocycles. The third kappa shape index (κ3) is 3.60. The van der Waals surface area contributed by atoms with Crippen molar-refractivity contribution in [2.24, 2.45) is 0 Å². The Balaban J connectivity index is 2.22. The maximum atomic E-state index is 12.6. The first kappa shape index (κ1) is 14.6. The molecule has 0 saturated heterocycles. The van der Waals surface area contributed by atoms with Gasteiger partial charge in [-0.2, -0.15) is 23.3 Å². The SMILES string of the molecule is CCCn1cc(Oc2cc(C(F)(F)F)nc(Cl)n2)cn1. The Hall–Kier alpha value is -1.83. The van der Waals surface area contributed by atoms with E-state index in [4.69, 9.17) is 16.3 Å². The summed E-state index contributed by atoms with van der Waals surface area (Å²) in [4.78, 5) is 6.70. The van der Waals surface area contributed by atoms with Gasteiger partial charge in [-0.3, -0.25) is 4.68 Å². The van der Waals surface area contributed by atoms with E-state index < -0.39 is 17.2 Å². The molecule has 20 heavy (non-hydrogen) atoms. The smallest absolute Gasteiger partial charge is 0.433 e. The van der Waals surface area contributed by atoms with Gasteiger partial charge >= 0.3 is 6.18 Å². The van der Waals surface area contributed by atoms with Gasteiger partial charge in [-0.25, -0.2) is 4.98 Å². The van der Waals surface area contributed by atoms with Crippen LogP contribution in [0.15, 0.2) is 18.5 Å². The number of alkyl halides is 3. The van der Waals surface area contributed by atoms with Crippen LogP contribution in [0.25, 0.3) is 0 Å². The first-order valence-corrected chi connectivity index (χ1v) is 6.08. The number of hydrogen-bond acceptors (Lipinski definition) is 4. The number of aromatic nitrogens is 4. The summed E-state index contributed by atoms with van der Waals surface area (Å²) in [7, 11) is 0. The third-order valence-corrected chi connectivity index (χ3v) is 2.42. The number of nitrogens with zero attached hydrogens (tertiary/aromatic N) is 4. The van der Waals surface area contributed by atoms with Crippen molar-refractivity contribution in [2.45, 2.75) is 26.1 Å². The molecule has 9 heteroatoms. The molecule has 2 heterocycles. The molecule has 2 rings (SSSR count).